The normalized spacial score (nSPS) is 11.6. The van der Waals surface area contributed by atoms with Crippen LogP contribution in [-0.2, 0) is 9.47 Å². The standard InChI is InChI=1S/C25H25NO5/c1-5-30-25(29)21-15(2)22(26-16(21)3)23(27)17(4)31-24(28)20-13-11-19(12-14-20)18-9-7-6-8-10-18/h6-14,17,26H,5H2,1-4H3/t17-/m0/s1. The molecule has 0 saturated heterocycles. The second-order valence-electron chi connectivity index (χ2n) is 7.20. The van der Waals surface area contributed by atoms with Crippen LogP contribution in [0.3, 0.4) is 0 Å². The summed E-state index contributed by atoms with van der Waals surface area (Å²) in [5.74, 6) is -1.49. The number of H-pyrrole nitrogens is 1. The molecule has 0 fully saturated rings. The number of Topliss-reactive ketones (excluding diaryl/α,β-unsaturated/α-hetero) is 1. The molecular formula is C25H25NO5. The van der Waals surface area contributed by atoms with Gasteiger partial charge in [0.05, 0.1) is 23.4 Å². The lowest BCUT2D eigenvalue weighted by molar-refractivity contribution is 0.0316. The summed E-state index contributed by atoms with van der Waals surface area (Å²) < 4.78 is 10.4. The lowest BCUT2D eigenvalue weighted by Crippen LogP contribution is -2.25. The molecule has 31 heavy (non-hydrogen) atoms. The summed E-state index contributed by atoms with van der Waals surface area (Å²) in [5, 5.41) is 0. The molecule has 1 aromatic heterocycles. The zero-order valence-electron chi connectivity index (χ0n) is 18.0. The lowest BCUT2D eigenvalue weighted by atomic mass is 10.0. The van der Waals surface area contributed by atoms with Crippen LogP contribution in [0.2, 0.25) is 0 Å². The van der Waals surface area contributed by atoms with E-state index in [1.165, 1.54) is 6.92 Å². The molecule has 0 spiro atoms. The number of nitrogens with one attached hydrogen (secondary N) is 1. The molecule has 160 valence electrons. The number of benzene rings is 2. The first-order chi connectivity index (χ1) is 14.8. The fraction of sp³-hybridized carbons (Fsp3) is 0.240. The van der Waals surface area contributed by atoms with E-state index in [0.29, 0.717) is 22.4 Å². The van der Waals surface area contributed by atoms with Gasteiger partial charge in [-0.05, 0) is 56.5 Å². The van der Waals surface area contributed by atoms with Crippen molar-refractivity contribution in [3.8, 4) is 11.1 Å². The number of ketones is 1. The third-order valence-corrected chi connectivity index (χ3v) is 5.04. The van der Waals surface area contributed by atoms with E-state index in [1.807, 2.05) is 42.5 Å². The van der Waals surface area contributed by atoms with Crippen LogP contribution < -0.4 is 0 Å². The Bertz CT molecular complexity index is 1100. The van der Waals surface area contributed by atoms with Gasteiger partial charge in [0, 0.05) is 5.69 Å². The van der Waals surface area contributed by atoms with E-state index in [4.69, 9.17) is 9.47 Å². The Labute approximate surface area is 181 Å². The number of rotatable bonds is 7. The smallest absolute Gasteiger partial charge is 0.340 e. The van der Waals surface area contributed by atoms with E-state index >= 15 is 0 Å². The molecule has 0 amide bonds. The molecule has 0 unspecified atom stereocenters. The Morgan fingerprint density at radius 1 is 0.903 bits per heavy atom. The number of hydrogen-bond acceptors (Lipinski definition) is 5. The van der Waals surface area contributed by atoms with Gasteiger partial charge in [0.25, 0.3) is 0 Å². The maximum absolute atomic E-state index is 12.9. The summed E-state index contributed by atoms with van der Waals surface area (Å²) in [6, 6.07) is 16.8. The van der Waals surface area contributed by atoms with E-state index in [2.05, 4.69) is 4.98 Å². The Kier molecular flexibility index (Phi) is 6.70. The Balaban J connectivity index is 1.72. The number of aromatic nitrogens is 1. The highest BCUT2D eigenvalue weighted by Crippen LogP contribution is 2.22. The number of aromatic amines is 1. The monoisotopic (exact) mass is 419 g/mol. The lowest BCUT2D eigenvalue weighted by Gasteiger charge is -2.12. The first kappa shape index (κ1) is 22.0. The SMILES string of the molecule is CCOC(=O)c1c(C)[nH]c(C(=O)[C@H](C)OC(=O)c2ccc(-c3ccccc3)cc2)c1C. The number of carbonyl (C=O) groups excluding carboxylic acids is 3. The van der Waals surface area contributed by atoms with Gasteiger partial charge in [-0.3, -0.25) is 4.79 Å². The average molecular weight is 419 g/mol. The zero-order valence-corrected chi connectivity index (χ0v) is 18.0. The molecule has 0 bridgehead atoms. The van der Waals surface area contributed by atoms with Crippen LogP contribution >= 0.6 is 0 Å². The molecule has 1 heterocycles. The van der Waals surface area contributed by atoms with Crippen molar-refractivity contribution in [3.05, 3.63) is 82.7 Å². The maximum atomic E-state index is 12.9. The van der Waals surface area contributed by atoms with Gasteiger partial charge in [0.2, 0.25) is 5.78 Å². The van der Waals surface area contributed by atoms with E-state index in [1.54, 1.807) is 32.9 Å². The van der Waals surface area contributed by atoms with Gasteiger partial charge in [-0.25, -0.2) is 9.59 Å². The summed E-state index contributed by atoms with van der Waals surface area (Å²) in [6.07, 6.45) is -1.02. The molecule has 0 saturated carbocycles. The van der Waals surface area contributed by atoms with Crippen LogP contribution in [0, 0.1) is 13.8 Å². The van der Waals surface area contributed by atoms with Crippen LogP contribution in [-0.4, -0.2) is 35.4 Å². The summed E-state index contributed by atoms with van der Waals surface area (Å²) in [7, 11) is 0. The minimum Gasteiger partial charge on any atom is -0.462 e. The third kappa shape index (κ3) is 4.74. The molecule has 6 heteroatoms. The topological polar surface area (TPSA) is 85.5 Å². The molecule has 0 aliphatic carbocycles. The summed E-state index contributed by atoms with van der Waals surface area (Å²) >= 11 is 0. The van der Waals surface area contributed by atoms with Crippen LogP contribution in [0.1, 0.15) is 56.3 Å². The van der Waals surface area contributed by atoms with Crippen LogP contribution in [0.5, 0.6) is 0 Å². The highest BCUT2D eigenvalue weighted by molar-refractivity contribution is 6.04. The minimum atomic E-state index is -1.02. The summed E-state index contributed by atoms with van der Waals surface area (Å²) in [5.41, 5.74) is 3.96. The fourth-order valence-electron chi connectivity index (χ4n) is 3.42. The molecule has 1 N–H and O–H groups in total. The fourth-order valence-corrected chi connectivity index (χ4v) is 3.42. The van der Waals surface area contributed by atoms with Crippen LogP contribution in [0.15, 0.2) is 54.6 Å². The number of esters is 2. The van der Waals surface area contributed by atoms with E-state index in [-0.39, 0.29) is 12.3 Å². The summed E-state index contributed by atoms with van der Waals surface area (Å²) in [6.45, 7) is 6.83. The number of aryl methyl sites for hydroxylation is 1. The van der Waals surface area contributed by atoms with Gasteiger partial charge in [0.1, 0.15) is 0 Å². The molecule has 3 rings (SSSR count). The van der Waals surface area contributed by atoms with Crippen molar-refractivity contribution in [2.24, 2.45) is 0 Å². The van der Waals surface area contributed by atoms with Crippen molar-refractivity contribution in [1.29, 1.82) is 0 Å². The molecule has 0 aliphatic rings. The van der Waals surface area contributed by atoms with Gasteiger partial charge >= 0.3 is 11.9 Å². The average Bonchev–Trinajstić information content (AvgIpc) is 3.07. The number of carbonyl (C=O) groups is 3. The van der Waals surface area contributed by atoms with Crippen molar-refractivity contribution >= 4 is 17.7 Å². The molecule has 0 radical (unpaired) electrons. The Hall–Kier alpha value is -3.67. The first-order valence-electron chi connectivity index (χ1n) is 10.1. The van der Waals surface area contributed by atoms with E-state index in [0.717, 1.165) is 11.1 Å². The largest absolute Gasteiger partial charge is 0.462 e. The second kappa shape index (κ2) is 9.43. The minimum absolute atomic E-state index is 0.236. The van der Waals surface area contributed by atoms with E-state index < -0.39 is 23.8 Å². The summed E-state index contributed by atoms with van der Waals surface area (Å²) in [4.78, 5) is 40.5. The van der Waals surface area contributed by atoms with Gasteiger partial charge in [-0.1, -0.05) is 42.5 Å². The van der Waals surface area contributed by atoms with Crippen molar-refractivity contribution < 1.29 is 23.9 Å². The predicted molar refractivity (Wildman–Crippen MR) is 117 cm³/mol. The zero-order chi connectivity index (χ0) is 22.5. The van der Waals surface area contributed by atoms with Gasteiger partial charge < -0.3 is 14.5 Å². The van der Waals surface area contributed by atoms with Crippen molar-refractivity contribution in [3.63, 3.8) is 0 Å². The van der Waals surface area contributed by atoms with Gasteiger partial charge in [-0.15, -0.1) is 0 Å². The van der Waals surface area contributed by atoms with Crippen LogP contribution in [0.4, 0.5) is 0 Å². The quantitative estimate of drug-likeness (QED) is 0.435. The molecule has 2 aromatic carbocycles. The number of hydrogen-bond donors (Lipinski definition) is 1. The Morgan fingerprint density at radius 3 is 2.13 bits per heavy atom. The maximum Gasteiger partial charge on any atom is 0.340 e. The molecule has 6 nitrogen and oxygen atoms in total. The number of ether oxygens (including phenoxy) is 2. The van der Waals surface area contributed by atoms with Gasteiger partial charge in [0.15, 0.2) is 6.10 Å². The molecule has 0 aliphatic heterocycles. The second-order valence-corrected chi connectivity index (χ2v) is 7.20. The third-order valence-electron chi connectivity index (χ3n) is 5.04. The molecule has 1 atom stereocenters. The first-order valence-corrected chi connectivity index (χ1v) is 10.1. The van der Waals surface area contributed by atoms with Crippen molar-refractivity contribution in [2.45, 2.75) is 33.8 Å². The molecular weight excluding hydrogens is 394 g/mol. The van der Waals surface area contributed by atoms with Crippen molar-refractivity contribution in [1.82, 2.24) is 4.98 Å². The highest BCUT2D eigenvalue weighted by Gasteiger charge is 2.27. The highest BCUT2D eigenvalue weighted by atomic mass is 16.5. The predicted octanol–water partition coefficient (Wildman–Crippen LogP) is 4.90. The van der Waals surface area contributed by atoms with E-state index in [9.17, 15) is 14.4 Å². The van der Waals surface area contributed by atoms with Crippen LogP contribution in [0.25, 0.3) is 11.1 Å². The van der Waals surface area contributed by atoms with Gasteiger partial charge in [-0.2, -0.15) is 0 Å². The molecule has 3 aromatic rings. The Morgan fingerprint density at radius 2 is 1.52 bits per heavy atom. The van der Waals surface area contributed by atoms with Crippen molar-refractivity contribution in [2.75, 3.05) is 6.61 Å².